The zero-order valence-electron chi connectivity index (χ0n) is 16.6. The summed E-state index contributed by atoms with van der Waals surface area (Å²) in [5, 5.41) is 19.7. The van der Waals surface area contributed by atoms with Crippen LogP contribution in [0.4, 0.5) is 5.69 Å². The molecule has 3 aromatic heterocycles. The number of anilines is 1. The van der Waals surface area contributed by atoms with E-state index >= 15 is 0 Å². The molecule has 0 spiro atoms. The Morgan fingerprint density at radius 1 is 1.00 bits per heavy atom. The monoisotopic (exact) mass is 401 g/mol. The van der Waals surface area contributed by atoms with Crippen LogP contribution in [0.3, 0.4) is 0 Å². The smallest absolute Gasteiger partial charge is 0.142 e. The molecule has 1 aromatic carbocycles. The van der Waals surface area contributed by atoms with E-state index in [1.54, 1.807) is 23.4 Å². The summed E-state index contributed by atoms with van der Waals surface area (Å²) in [4.78, 5) is 11.2. The molecule has 8 nitrogen and oxygen atoms in total. The van der Waals surface area contributed by atoms with Gasteiger partial charge in [-0.05, 0) is 49.9 Å². The zero-order chi connectivity index (χ0) is 20.1. The summed E-state index contributed by atoms with van der Waals surface area (Å²) in [5.41, 5.74) is 5.19. The number of aromatic nitrogens is 6. The van der Waals surface area contributed by atoms with Gasteiger partial charge in [0.1, 0.15) is 11.8 Å². The number of aliphatic hydroxyl groups excluding tert-OH is 1. The Bertz CT molecular complexity index is 1190. The molecule has 6 rings (SSSR count). The Morgan fingerprint density at radius 3 is 2.53 bits per heavy atom. The molecule has 1 saturated heterocycles. The Morgan fingerprint density at radius 2 is 1.77 bits per heavy atom. The van der Waals surface area contributed by atoms with Gasteiger partial charge in [-0.1, -0.05) is 5.21 Å². The van der Waals surface area contributed by atoms with E-state index in [0.717, 1.165) is 48.5 Å². The van der Waals surface area contributed by atoms with Crippen LogP contribution >= 0.6 is 0 Å². The Balaban J connectivity index is 1.32. The van der Waals surface area contributed by atoms with Crippen molar-refractivity contribution in [1.82, 2.24) is 29.4 Å². The quantitative estimate of drug-likeness (QED) is 0.554. The maximum absolute atomic E-state index is 11.2. The molecule has 4 heterocycles. The van der Waals surface area contributed by atoms with E-state index in [4.69, 9.17) is 0 Å². The average Bonchev–Trinajstić information content (AvgIpc) is 3.21. The summed E-state index contributed by atoms with van der Waals surface area (Å²) in [7, 11) is 0. The van der Waals surface area contributed by atoms with E-state index in [1.165, 1.54) is 18.5 Å². The number of nitrogens with zero attached hydrogens (tertiary/aromatic N) is 7. The first kappa shape index (κ1) is 17.6. The number of aliphatic hydroxyl groups is 1. The van der Waals surface area contributed by atoms with Crippen molar-refractivity contribution in [1.29, 1.82) is 0 Å². The van der Waals surface area contributed by atoms with E-state index in [1.807, 2.05) is 22.7 Å². The van der Waals surface area contributed by atoms with Crippen LogP contribution in [0.5, 0.6) is 0 Å². The third-order valence-corrected chi connectivity index (χ3v) is 6.12. The molecule has 0 bridgehead atoms. The van der Waals surface area contributed by atoms with Crippen LogP contribution < -0.4 is 4.90 Å². The first-order chi connectivity index (χ1) is 14.8. The topological polar surface area (TPSA) is 84.4 Å². The number of hydrogen-bond acceptors (Lipinski definition) is 6. The Hall–Kier alpha value is -3.26. The minimum absolute atomic E-state index is 0.398. The summed E-state index contributed by atoms with van der Waals surface area (Å²) in [6, 6.07) is 8.35. The molecule has 1 atom stereocenters. The molecule has 1 N–H and O–H groups in total. The van der Waals surface area contributed by atoms with E-state index in [0.29, 0.717) is 11.6 Å². The van der Waals surface area contributed by atoms with E-state index < -0.39 is 6.10 Å². The second-order valence-corrected chi connectivity index (χ2v) is 8.19. The molecule has 2 fully saturated rings. The minimum Gasteiger partial charge on any atom is -0.380 e. The van der Waals surface area contributed by atoms with Crippen molar-refractivity contribution in [3.63, 3.8) is 0 Å². The summed E-state index contributed by atoms with van der Waals surface area (Å²) in [5.74, 6) is 0.398. The van der Waals surface area contributed by atoms with Crippen LogP contribution in [0, 0.1) is 0 Å². The second kappa shape index (κ2) is 6.91. The molecule has 2 aliphatic rings. The molecular weight excluding hydrogens is 378 g/mol. The highest BCUT2D eigenvalue weighted by Gasteiger charge is 2.32. The highest BCUT2D eigenvalue weighted by atomic mass is 16.3. The number of hydrogen-bond donors (Lipinski definition) is 1. The summed E-state index contributed by atoms with van der Waals surface area (Å²) < 4.78 is 3.62. The van der Waals surface area contributed by atoms with Gasteiger partial charge in [0.25, 0.3) is 0 Å². The zero-order valence-corrected chi connectivity index (χ0v) is 16.6. The van der Waals surface area contributed by atoms with Crippen LogP contribution in [0.2, 0.25) is 0 Å². The first-order valence-corrected chi connectivity index (χ1v) is 10.5. The molecule has 0 amide bonds. The van der Waals surface area contributed by atoms with Crippen molar-refractivity contribution in [2.45, 2.75) is 37.7 Å². The molecule has 1 saturated carbocycles. The average molecular weight is 401 g/mol. The lowest BCUT2D eigenvalue weighted by Crippen LogP contribution is -2.17. The second-order valence-electron chi connectivity index (χ2n) is 8.19. The van der Waals surface area contributed by atoms with Gasteiger partial charge in [-0.25, -0.2) is 9.67 Å². The molecule has 30 heavy (non-hydrogen) atoms. The van der Waals surface area contributed by atoms with Crippen molar-refractivity contribution >= 4 is 11.2 Å². The van der Waals surface area contributed by atoms with Crippen LogP contribution in [-0.4, -0.2) is 47.6 Å². The lowest BCUT2D eigenvalue weighted by molar-refractivity contribution is 0.206. The van der Waals surface area contributed by atoms with E-state index in [9.17, 15) is 5.11 Å². The molecule has 1 aliphatic carbocycles. The van der Waals surface area contributed by atoms with Crippen LogP contribution in [0.15, 0.2) is 49.2 Å². The number of fused-ring (bicyclic) bond motifs is 1. The van der Waals surface area contributed by atoms with Crippen LogP contribution in [0.1, 0.15) is 54.8 Å². The number of rotatable bonds is 5. The van der Waals surface area contributed by atoms with Crippen molar-refractivity contribution in [2.75, 3.05) is 18.0 Å². The molecule has 8 heteroatoms. The molecule has 1 unspecified atom stereocenters. The van der Waals surface area contributed by atoms with Gasteiger partial charge in [-0.2, -0.15) is 0 Å². The lowest BCUT2D eigenvalue weighted by atomic mass is 10.1. The van der Waals surface area contributed by atoms with Crippen molar-refractivity contribution in [2.24, 2.45) is 0 Å². The minimum atomic E-state index is -0.913. The first-order valence-electron chi connectivity index (χ1n) is 10.5. The van der Waals surface area contributed by atoms with Gasteiger partial charge in [-0.15, -0.1) is 5.10 Å². The SMILES string of the molecule is OC(c1cn(-c2ccc(N3CCCC3)cc2)nn1)c1c(C2CC2)ncc2cncn12. The standard InChI is InChI=1S/C22H23N7O/c30-22(21-20(15-3-4-15)24-12-18-11-23-14-28(18)21)19-13-29(26-25-19)17-7-5-16(6-8-17)27-9-1-2-10-27/h5-8,11-15,22,30H,1-4,9-10H2. The summed E-state index contributed by atoms with van der Waals surface area (Å²) in [6.45, 7) is 2.24. The number of benzene rings is 1. The third kappa shape index (κ3) is 2.95. The predicted molar refractivity (Wildman–Crippen MR) is 112 cm³/mol. The maximum atomic E-state index is 11.2. The van der Waals surface area contributed by atoms with E-state index in [2.05, 4.69) is 37.3 Å². The van der Waals surface area contributed by atoms with Crippen molar-refractivity contribution in [3.05, 3.63) is 66.3 Å². The van der Waals surface area contributed by atoms with Gasteiger partial charge in [0.2, 0.25) is 0 Å². The lowest BCUT2D eigenvalue weighted by Gasteiger charge is -2.17. The van der Waals surface area contributed by atoms with Gasteiger partial charge in [0.15, 0.2) is 0 Å². The number of imidazole rings is 1. The molecule has 4 aromatic rings. The van der Waals surface area contributed by atoms with Crippen molar-refractivity contribution < 1.29 is 5.11 Å². The van der Waals surface area contributed by atoms with Crippen LogP contribution in [-0.2, 0) is 0 Å². The predicted octanol–water partition coefficient (Wildman–Crippen LogP) is 2.87. The fourth-order valence-corrected chi connectivity index (χ4v) is 4.33. The fraction of sp³-hybridized carbons (Fsp3) is 0.364. The van der Waals surface area contributed by atoms with Gasteiger partial charge >= 0.3 is 0 Å². The largest absolute Gasteiger partial charge is 0.380 e. The Kier molecular flexibility index (Phi) is 4.05. The molecule has 1 aliphatic heterocycles. The maximum Gasteiger partial charge on any atom is 0.142 e. The summed E-state index contributed by atoms with van der Waals surface area (Å²) in [6.07, 6.45) is 10.9. The normalized spacial score (nSPS) is 17.7. The van der Waals surface area contributed by atoms with Gasteiger partial charge in [0.05, 0.1) is 47.5 Å². The fourth-order valence-electron chi connectivity index (χ4n) is 4.33. The summed E-state index contributed by atoms with van der Waals surface area (Å²) >= 11 is 0. The molecular formula is C22H23N7O. The Labute approximate surface area is 173 Å². The van der Waals surface area contributed by atoms with E-state index in [-0.39, 0.29) is 0 Å². The van der Waals surface area contributed by atoms with Gasteiger partial charge in [-0.3, -0.25) is 9.38 Å². The molecule has 0 radical (unpaired) electrons. The van der Waals surface area contributed by atoms with Crippen LogP contribution in [0.25, 0.3) is 11.2 Å². The highest BCUT2D eigenvalue weighted by Crippen LogP contribution is 2.42. The van der Waals surface area contributed by atoms with Crippen molar-refractivity contribution in [3.8, 4) is 5.69 Å². The highest BCUT2D eigenvalue weighted by molar-refractivity contribution is 5.51. The molecule has 152 valence electrons. The third-order valence-electron chi connectivity index (χ3n) is 6.12. The van der Waals surface area contributed by atoms with Gasteiger partial charge < -0.3 is 10.0 Å². The van der Waals surface area contributed by atoms with Gasteiger partial charge in [0, 0.05) is 24.7 Å².